The maximum Gasteiger partial charge on any atom is 0.341 e. The van der Waals surface area contributed by atoms with Gasteiger partial charge in [0.25, 0.3) is 5.56 Å². The van der Waals surface area contributed by atoms with Gasteiger partial charge in [-0.05, 0) is 43.7 Å². The van der Waals surface area contributed by atoms with E-state index in [1.165, 1.54) is 11.8 Å². The molecule has 0 aromatic heterocycles. The summed E-state index contributed by atoms with van der Waals surface area (Å²) in [6.07, 6.45) is 3.35. The number of hydrogen-bond acceptors (Lipinski definition) is 4. The first-order chi connectivity index (χ1) is 13.5. The first-order valence-corrected chi connectivity index (χ1v) is 8.85. The highest BCUT2D eigenvalue weighted by Gasteiger charge is 2.25. The molecule has 2 aromatic rings. The third kappa shape index (κ3) is 2.99. The lowest BCUT2D eigenvalue weighted by Gasteiger charge is -2.11. The molecule has 6 heteroatoms. The number of carbonyl (C=O) groups is 1. The summed E-state index contributed by atoms with van der Waals surface area (Å²) in [6.45, 7) is 3.95. The van der Waals surface area contributed by atoms with Crippen molar-refractivity contribution in [1.82, 2.24) is 14.3 Å². The zero-order valence-corrected chi connectivity index (χ0v) is 15.8. The van der Waals surface area contributed by atoms with Crippen LogP contribution in [0.5, 0.6) is 0 Å². The molecule has 28 heavy (non-hydrogen) atoms. The van der Waals surface area contributed by atoms with Gasteiger partial charge in [-0.1, -0.05) is 29.8 Å². The molecule has 6 nitrogen and oxygen atoms in total. The van der Waals surface area contributed by atoms with E-state index < -0.39 is 5.97 Å². The van der Waals surface area contributed by atoms with Gasteiger partial charge in [0.05, 0.1) is 18.4 Å². The number of aromatic nitrogens is 3. The zero-order valence-electron chi connectivity index (χ0n) is 15.8. The van der Waals surface area contributed by atoms with Gasteiger partial charge in [-0.2, -0.15) is 9.78 Å². The fraction of sp³-hybridized carbons (Fsp3) is 0.136. The lowest BCUT2D eigenvalue weighted by molar-refractivity contribution is 0.0600. The van der Waals surface area contributed by atoms with Crippen molar-refractivity contribution in [1.29, 1.82) is 0 Å². The summed E-state index contributed by atoms with van der Waals surface area (Å²) in [6, 6.07) is 15.3. The van der Waals surface area contributed by atoms with Gasteiger partial charge in [0.2, 0.25) is 0 Å². The Morgan fingerprint density at radius 1 is 0.964 bits per heavy atom. The summed E-state index contributed by atoms with van der Waals surface area (Å²) in [4.78, 5) is 25.5. The van der Waals surface area contributed by atoms with Crippen LogP contribution >= 0.6 is 0 Å². The molecule has 2 aromatic carbocycles. The van der Waals surface area contributed by atoms with Crippen molar-refractivity contribution in [2.75, 3.05) is 7.11 Å². The molecule has 0 atom stereocenters. The number of hydrogen-bond donors (Lipinski definition) is 0. The van der Waals surface area contributed by atoms with Crippen LogP contribution in [0.25, 0.3) is 22.6 Å². The molecule has 140 valence electrons. The van der Waals surface area contributed by atoms with Gasteiger partial charge in [-0.3, -0.25) is 4.79 Å². The second-order valence-corrected chi connectivity index (χ2v) is 6.72. The highest BCUT2D eigenvalue weighted by molar-refractivity contribution is 5.96. The Bertz CT molecular complexity index is 1200. The normalized spacial score (nSPS) is 11.0. The van der Waals surface area contributed by atoms with Crippen LogP contribution in [0, 0.1) is 13.8 Å². The van der Waals surface area contributed by atoms with Gasteiger partial charge in [0, 0.05) is 18.1 Å². The van der Waals surface area contributed by atoms with E-state index in [4.69, 9.17) is 4.74 Å². The van der Waals surface area contributed by atoms with E-state index in [-0.39, 0.29) is 11.1 Å². The third-order valence-electron chi connectivity index (χ3n) is 4.65. The summed E-state index contributed by atoms with van der Waals surface area (Å²) in [7, 11) is 1.31. The van der Waals surface area contributed by atoms with Gasteiger partial charge in [0.15, 0.2) is 0 Å². The lowest BCUT2D eigenvalue weighted by Crippen LogP contribution is -2.15. The average molecular weight is 373 g/mol. The van der Waals surface area contributed by atoms with Crippen molar-refractivity contribution >= 4 is 5.97 Å². The van der Waals surface area contributed by atoms with E-state index in [1.807, 2.05) is 62.4 Å². The Labute approximate surface area is 162 Å². The Hall–Kier alpha value is -3.67. The van der Waals surface area contributed by atoms with Crippen LogP contribution in [0.2, 0.25) is 0 Å². The molecule has 0 aliphatic carbocycles. The maximum absolute atomic E-state index is 13.1. The molecule has 0 saturated carbocycles. The fourth-order valence-electron chi connectivity index (χ4n) is 3.17. The number of ether oxygens (including phenoxy) is 1. The molecule has 2 heterocycles. The van der Waals surface area contributed by atoms with Crippen LogP contribution in [0.4, 0.5) is 0 Å². The molecule has 4 rings (SSSR count). The summed E-state index contributed by atoms with van der Waals surface area (Å²) in [5.41, 5.74) is 4.25. The van der Waals surface area contributed by atoms with Gasteiger partial charge in [-0.15, -0.1) is 0 Å². The number of methoxy groups -OCH3 is 1. The monoisotopic (exact) mass is 373 g/mol. The predicted molar refractivity (Wildman–Crippen MR) is 107 cm³/mol. The summed E-state index contributed by atoms with van der Waals surface area (Å²) < 4.78 is 8.00. The van der Waals surface area contributed by atoms with Crippen molar-refractivity contribution in [2.45, 2.75) is 13.8 Å². The fourth-order valence-corrected chi connectivity index (χ4v) is 3.17. The molecular weight excluding hydrogens is 354 g/mol. The van der Waals surface area contributed by atoms with Crippen molar-refractivity contribution < 1.29 is 9.53 Å². The maximum atomic E-state index is 13.1. The van der Waals surface area contributed by atoms with Crippen molar-refractivity contribution in [3.63, 3.8) is 0 Å². The molecular formula is C22H19N3O3. The van der Waals surface area contributed by atoms with Crippen LogP contribution in [0.3, 0.4) is 0 Å². The van der Waals surface area contributed by atoms with Crippen LogP contribution in [0.1, 0.15) is 21.5 Å². The first-order valence-electron chi connectivity index (χ1n) is 8.85. The smallest absolute Gasteiger partial charge is 0.341 e. The number of rotatable bonds is 3. The van der Waals surface area contributed by atoms with Gasteiger partial charge >= 0.3 is 5.97 Å². The second kappa shape index (κ2) is 6.81. The van der Waals surface area contributed by atoms with E-state index in [2.05, 4.69) is 5.10 Å². The zero-order chi connectivity index (χ0) is 19.8. The molecule has 0 fully saturated rings. The van der Waals surface area contributed by atoms with Gasteiger partial charge in [-0.25, -0.2) is 4.79 Å². The van der Waals surface area contributed by atoms with E-state index >= 15 is 0 Å². The van der Waals surface area contributed by atoms with Gasteiger partial charge < -0.3 is 9.30 Å². The van der Waals surface area contributed by atoms with E-state index in [9.17, 15) is 9.59 Å². The van der Waals surface area contributed by atoms with Crippen LogP contribution in [-0.2, 0) is 4.74 Å². The molecule has 0 amide bonds. The number of esters is 1. The summed E-state index contributed by atoms with van der Waals surface area (Å²) >= 11 is 0. The Morgan fingerprint density at radius 3 is 2.39 bits per heavy atom. The molecule has 2 aliphatic heterocycles. The number of benzene rings is 2. The Morgan fingerprint density at radius 2 is 1.71 bits per heavy atom. The number of pyridine rings is 1. The first kappa shape index (κ1) is 17.7. The number of nitrogens with zero attached hydrogens (tertiary/aromatic N) is 3. The largest absolute Gasteiger partial charge is 0.465 e. The number of aryl methyl sites for hydroxylation is 2. The predicted octanol–water partition coefficient (Wildman–Crippen LogP) is 3.53. The molecule has 0 radical (unpaired) electrons. The van der Waals surface area contributed by atoms with E-state index in [0.29, 0.717) is 16.9 Å². The Kier molecular flexibility index (Phi) is 4.31. The second-order valence-electron chi connectivity index (χ2n) is 6.72. The number of fused-ring (bicyclic) bond motifs is 1. The quantitative estimate of drug-likeness (QED) is 0.515. The topological polar surface area (TPSA) is 66.1 Å². The minimum atomic E-state index is -0.541. The lowest BCUT2D eigenvalue weighted by atomic mass is 10.1. The average Bonchev–Trinajstić information content (AvgIpc) is 3.04. The minimum Gasteiger partial charge on any atom is -0.465 e. The van der Waals surface area contributed by atoms with E-state index in [0.717, 1.165) is 16.8 Å². The van der Waals surface area contributed by atoms with Crippen molar-refractivity contribution in [2.24, 2.45) is 0 Å². The molecule has 0 saturated heterocycles. The highest BCUT2D eigenvalue weighted by Crippen LogP contribution is 2.25. The molecule has 0 N–H and O–H groups in total. The SMILES string of the molecule is COC(=O)c1cn(-c2ccc(C)cc2)cc2c(=O)n(-c3cccc(C)c3)nc1-2. The summed E-state index contributed by atoms with van der Waals surface area (Å²) in [5.74, 6) is -0.541. The number of carbonyl (C=O) groups excluding carboxylic acids is 1. The molecule has 2 aliphatic rings. The summed E-state index contributed by atoms with van der Waals surface area (Å²) in [5, 5.41) is 4.43. The molecule has 0 spiro atoms. The van der Waals surface area contributed by atoms with Crippen molar-refractivity contribution in [3.05, 3.63) is 88.0 Å². The van der Waals surface area contributed by atoms with Crippen LogP contribution < -0.4 is 5.56 Å². The van der Waals surface area contributed by atoms with Crippen molar-refractivity contribution in [3.8, 4) is 22.6 Å². The van der Waals surface area contributed by atoms with E-state index in [1.54, 1.807) is 17.0 Å². The standard InChI is InChI=1S/C22H19N3O3/c1-14-7-9-16(10-8-14)24-12-18-20(19(13-24)22(27)28-3)23-25(21(18)26)17-6-4-5-15(2)11-17/h4-13H,1-3H3. The van der Waals surface area contributed by atoms with Crippen LogP contribution in [-0.4, -0.2) is 27.4 Å². The Balaban J connectivity index is 1.99. The van der Waals surface area contributed by atoms with Crippen LogP contribution in [0.15, 0.2) is 65.7 Å². The molecule has 0 bridgehead atoms. The van der Waals surface area contributed by atoms with Gasteiger partial charge in [0.1, 0.15) is 11.3 Å². The molecule has 0 unspecified atom stereocenters. The third-order valence-corrected chi connectivity index (χ3v) is 4.65. The minimum absolute atomic E-state index is 0.240. The highest BCUT2D eigenvalue weighted by atomic mass is 16.5.